The molecular weight excluding hydrogens is 317 g/mol. The van der Waals surface area contributed by atoms with Gasteiger partial charge in [0.15, 0.2) is 0 Å². The number of aromatic nitrogens is 1. The highest BCUT2D eigenvalue weighted by Gasteiger charge is 2.38. The minimum Gasteiger partial charge on any atom is -0.338 e. The molecular formula is C20H24FN3O. The molecule has 25 heavy (non-hydrogen) atoms. The molecule has 4 nitrogen and oxygen atoms in total. The van der Waals surface area contributed by atoms with Crippen molar-refractivity contribution in [1.82, 2.24) is 14.8 Å². The highest BCUT2D eigenvalue weighted by atomic mass is 19.1. The van der Waals surface area contributed by atoms with Gasteiger partial charge in [0.25, 0.3) is 0 Å². The molecule has 132 valence electrons. The van der Waals surface area contributed by atoms with Crippen molar-refractivity contribution in [2.24, 2.45) is 0 Å². The lowest BCUT2D eigenvalue weighted by Crippen LogP contribution is -2.47. The van der Waals surface area contributed by atoms with Gasteiger partial charge in [-0.25, -0.2) is 4.39 Å². The van der Waals surface area contributed by atoms with E-state index >= 15 is 0 Å². The zero-order valence-corrected chi connectivity index (χ0v) is 14.6. The molecule has 2 fully saturated rings. The number of likely N-dealkylation sites (tertiary alicyclic amines) is 2. The topological polar surface area (TPSA) is 36.4 Å². The van der Waals surface area contributed by atoms with Gasteiger partial charge in [-0.05, 0) is 56.0 Å². The second kappa shape index (κ2) is 6.71. The van der Waals surface area contributed by atoms with Crippen LogP contribution in [0, 0.1) is 5.82 Å². The molecule has 2 saturated heterocycles. The Morgan fingerprint density at radius 2 is 2.00 bits per heavy atom. The predicted octanol–water partition coefficient (Wildman–Crippen LogP) is 3.35. The van der Waals surface area contributed by atoms with Crippen LogP contribution in [0.2, 0.25) is 0 Å². The van der Waals surface area contributed by atoms with Crippen LogP contribution in [0.3, 0.4) is 0 Å². The largest absolute Gasteiger partial charge is 0.338 e. The first-order chi connectivity index (χ1) is 12.1. The lowest BCUT2D eigenvalue weighted by atomic mass is 10.0. The summed E-state index contributed by atoms with van der Waals surface area (Å²) in [5.41, 5.74) is 1.82. The standard InChI is InChI=1S/C20H24FN3O/c1-14(25)24-12-4-7-19(24)18-6-3-11-23(18)13-15-8-9-17(21)16-5-2-10-22-20(15)16/h2,5,8-10,18-19H,3-4,6-7,11-13H2,1H3/t18-,19-/m1/s1. The third kappa shape index (κ3) is 3.01. The zero-order valence-electron chi connectivity index (χ0n) is 14.6. The van der Waals surface area contributed by atoms with Gasteiger partial charge in [-0.1, -0.05) is 6.07 Å². The average Bonchev–Trinajstić information content (AvgIpc) is 3.26. The number of hydrogen-bond donors (Lipinski definition) is 0. The fourth-order valence-corrected chi connectivity index (χ4v) is 4.61. The SMILES string of the molecule is CC(=O)N1CCC[C@@H]1[C@H]1CCCN1Cc1ccc(F)c2cccnc12. The molecule has 3 heterocycles. The maximum Gasteiger partial charge on any atom is 0.219 e. The number of hydrogen-bond acceptors (Lipinski definition) is 3. The molecule has 4 rings (SSSR count). The number of carbonyl (C=O) groups excluding carboxylic acids is 1. The Morgan fingerprint density at radius 3 is 2.84 bits per heavy atom. The van der Waals surface area contributed by atoms with E-state index in [9.17, 15) is 9.18 Å². The maximum atomic E-state index is 14.0. The molecule has 2 aromatic rings. The Morgan fingerprint density at radius 1 is 1.20 bits per heavy atom. The van der Waals surface area contributed by atoms with Gasteiger partial charge in [0.05, 0.1) is 5.52 Å². The first-order valence-electron chi connectivity index (χ1n) is 9.18. The summed E-state index contributed by atoms with van der Waals surface area (Å²) in [7, 11) is 0. The number of nitrogens with zero attached hydrogens (tertiary/aromatic N) is 3. The van der Waals surface area contributed by atoms with Crippen LogP contribution in [-0.4, -0.2) is 45.9 Å². The summed E-state index contributed by atoms with van der Waals surface area (Å²) in [6.45, 7) is 4.35. The van der Waals surface area contributed by atoms with Gasteiger partial charge in [0.2, 0.25) is 5.91 Å². The maximum absolute atomic E-state index is 14.0. The van der Waals surface area contributed by atoms with Gasteiger partial charge in [-0.15, -0.1) is 0 Å². The number of carbonyl (C=O) groups is 1. The molecule has 0 saturated carbocycles. The molecule has 2 atom stereocenters. The van der Waals surface area contributed by atoms with Gasteiger partial charge in [0, 0.05) is 43.7 Å². The van der Waals surface area contributed by atoms with Crippen LogP contribution >= 0.6 is 0 Å². The summed E-state index contributed by atoms with van der Waals surface area (Å²) in [5, 5.41) is 0.585. The van der Waals surface area contributed by atoms with Crippen molar-refractivity contribution in [3.05, 3.63) is 41.8 Å². The molecule has 0 bridgehead atoms. The van der Waals surface area contributed by atoms with Crippen molar-refractivity contribution in [1.29, 1.82) is 0 Å². The summed E-state index contributed by atoms with van der Waals surface area (Å²) in [6, 6.07) is 7.68. The van der Waals surface area contributed by atoms with Crippen molar-refractivity contribution >= 4 is 16.8 Å². The summed E-state index contributed by atoms with van der Waals surface area (Å²) in [6.07, 6.45) is 6.18. The number of fused-ring (bicyclic) bond motifs is 1. The molecule has 1 amide bonds. The third-order valence-corrected chi connectivity index (χ3v) is 5.74. The van der Waals surface area contributed by atoms with Gasteiger partial charge in [-0.3, -0.25) is 14.7 Å². The molecule has 2 aliphatic heterocycles. The first-order valence-corrected chi connectivity index (χ1v) is 9.18. The van der Waals surface area contributed by atoms with Crippen LogP contribution in [0.25, 0.3) is 10.9 Å². The minimum atomic E-state index is -0.219. The van der Waals surface area contributed by atoms with Crippen molar-refractivity contribution < 1.29 is 9.18 Å². The van der Waals surface area contributed by atoms with E-state index in [1.165, 1.54) is 0 Å². The highest BCUT2D eigenvalue weighted by molar-refractivity contribution is 5.82. The van der Waals surface area contributed by atoms with E-state index in [2.05, 4.69) is 9.88 Å². The molecule has 1 aromatic heterocycles. The number of amides is 1. The van der Waals surface area contributed by atoms with E-state index in [1.807, 2.05) is 11.0 Å². The normalized spacial score (nSPS) is 24.3. The van der Waals surface area contributed by atoms with Crippen LogP contribution in [0.1, 0.15) is 38.2 Å². The van der Waals surface area contributed by atoms with E-state index in [4.69, 9.17) is 0 Å². The molecule has 2 aliphatic rings. The fourth-order valence-electron chi connectivity index (χ4n) is 4.61. The van der Waals surface area contributed by atoms with Crippen LogP contribution in [0.4, 0.5) is 4.39 Å². The van der Waals surface area contributed by atoms with Crippen molar-refractivity contribution in [2.45, 2.75) is 51.2 Å². The van der Waals surface area contributed by atoms with E-state index in [-0.39, 0.29) is 11.7 Å². The third-order valence-electron chi connectivity index (χ3n) is 5.74. The quantitative estimate of drug-likeness (QED) is 0.859. The molecule has 0 aliphatic carbocycles. The monoisotopic (exact) mass is 341 g/mol. The summed E-state index contributed by atoms with van der Waals surface area (Å²) >= 11 is 0. The number of rotatable bonds is 3. The first kappa shape index (κ1) is 16.5. The fraction of sp³-hybridized carbons (Fsp3) is 0.500. The Hall–Kier alpha value is -2.01. The lowest BCUT2D eigenvalue weighted by Gasteiger charge is -2.34. The van der Waals surface area contributed by atoms with E-state index < -0.39 is 0 Å². The number of halogens is 1. The molecule has 0 N–H and O–H groups in total. The van der Waals surface area contributed by atoms with E-state index in [0.29, 0.717) is 17.5 Å². The predicted molar refractivity (Wildman–Crippen MR) is 95.5 cm³/mol. The Balaban J connectivity index is 1.60. The van der Waals surface area contributed by atoms with Crippen molar-refractivity contribution in [3.8, 4) is 0 Å². The lowest BCUT2D eigenvalue weighted by molar-refractivity contribution is -0.130. The van der Waals surface area contributed by atoms with Gasteiger partial charge in [0.1, 0.15) is 5.82 Å². The number of benzene rings is 1. The second-order valence-corrected chi connectivity index (χ2v) is 7.21. The second-order valence-electron chi connectivity index (χ2n) is 7.21. The smallest absolute Gasteiger partial charge is 0.219 e. The highest BCUT2D eigenvalue weighted by Crippen LogP contribution is 2.32. The minimum absolute atomic E-state index is 0.184. The van der Waals surface area contributed by atoms with Gasteiger partial charge >= 0.3 is 0 Å². The average molecular weight is 341 g/mol. The Labute approximate surface area is 147 Å². The number of pyridine rings is 1. The molecule has 5 heteroatoms. The zero-order chi connectivity index (χ0) is 17.4. The van der Waals surface area contributed by atoms with Crippen LogP contribution in [0.15, 0.2) is 30.5 Å². The van der Waals surface area contributed by atoms with E-state index in [1.54, 1.807) is 31.3 Å². The van der Waals surface area contributed by atoms with Gasteiger partial charge < -0.3 is 4.90 Å². The summed E-state index contributed by atoms with van der Waals surface area (Å²) in [4.78, 5) is 20.9. The molecule has 0 spiro atoms. The van der Waals surface area contributed by atoms with Crippen LogP contribution in [-0.2, 0) is 11.3 Å². The Bertz CT molecular complexity index is 794. The van der Waals surface area contributed by atoms with Crippen molar-refractivity contribution in [2.75, 3.05) is 13.1 Å². The van der Waals surface area contributed by atoms with Gasteiger partial charge in [-0.2, -0.15) is 0 Å². The summed E-state index contributed by atoms with van der Waals surface area (Å²) < 4.78 is 14.0. The molecule has 1 aromatic carbocycles. The molecule has 0 unspecified atom stereocenters. The van der Waals surface area contributed by atoms with E-state index in [0.717, 1.165) is 56.4 Å². The molecule has 0 radical (unpaired) electrons. The van der Waals surface area contributed by atoms with Crippen LogP contribution in [0.5, 0.6) is 0 Å². The van der Waals surface area contributed by atoms with Crippen molar-refractivity contribution in [3.63, 3.8) is 0 Å². The Kier molecular flexibility index (Phi) is 4.42. The van der Waals surface area contributed by atoms with Crippen LogP contribution < -0.4 is 0 Å². The summed E-state index contributed by atoms with van der Waals surface area (Å²) in [5.74, 6) is -0.0355.